The molecule has 0 aliphatic rings. The first-order valence-electron chi connectivity index (χ1n) is 4.14. The van der Waals surface area contributed by atoms with Crippen LogP contribution in [0.3, 0.4) is 0 Å². The van der Waals surface area contributed by atoms with Gasteiger partial charge in [0.05, 0.1) is 5.60 Å². The number of aliphatic hydroxyl groups is 1. The molecule has 0 aromatic heterocycles. The summed E-state index contributed by atoms with van der Waals surface area (Å²) in [4.78, 5) is 0. The van der Waals surface area contributed by atoms with Gasteiger partial charge in [-0.05, 0) is 31.5 Å². The summed E-state index contributed by atoms with van der Waals surface area (Å²) in [6.45, 7) is 3.47. The Morgan fingerprint density at radius 2 is 1.77 bits per heavy atom. The summed E-state index contributed by atoms with van der Waals surface area (Å²) in [5, 5.41) is 10.1. The maximum Gasteiger partial charge on any atom is 0.0774 e. The van der Waals surface area contributed by atoms with E-state index in [1.54, 1.807) is 19.9 Å². The molecule has 1 nitrogen and oxygen atoms in total. The highest BCUT2D eigenvalue weighted by atomic mass is 35.5. The van der Waals surface area contributed by atoms with Crippen LogP contribution in [-0.4, -0.2) is 10.7 Å². The molecular formula is C11H13ClO. The zero-order valence-corrected chi connectivity index (χ0v) is 8.55. The summed E-state index contributed by atoms with van der Waals surface area (Å²) in [5.41, 5.74) is 0.270. The molecule has 1 aromatic carbocycles. The van der Waals surface area contributed by atoms with Gasteiger partial charge in [0.15, 0.2) is 0 Å². The van der Waals surface area contributed by atoms with Gasteiger partial charge in [0.1, 0.15) is 0 Å². The summed E-state index contributed by atoms with van der Waals surface area (Å²) in [5.74, 6) is 0. The van der Waals surface area contributed by atoms with E-state index in [-0.39, 0.29) is 0 Å². The lowest BCUT2D eigenvalue weighted by Gasteiger charge is -2.09. The van der Waals surface area contributed by atoms with E-state index in [9.17, 15) is 5.11 Å². The molecule has 0 atom stereocenters. The standard InChI is InChI=1S/C11H13ClO/c1-11(2,13)8-7-9-3-5-10(12)6-4-9/h3-8,13H,1-2H3/b8-7+. The second kappa shape index (κ2) is 3.95. The molecule has 1 aromatic rings. The first-order valence-corrected chi connectivity index (χ1v) is 4.52. The first-order chi connectivity index (χ1) is 5.97. The van der Waals surface area contributed by atoms with E-state index in [0.717, 1.165) is 10.6 Å². The second-order valence-electron chi connectivity index (χ2n) is 3.54. The molecule has 1 N–H and O–H groups in total. The van der Waals surface area contributed by atoms with E-state index in [2.05, 4.69) is 0 Å². The Bertz CT molecular complexity index is 293. The van der Waals surface area contributed by atoms with Crippen molar-refractivity contribution in [3.63, 3.8) is 0 Å². The molecule has 0 bridgehead atoms. The Hall–Kier alpha value is -0.790. The minimum atomic E-state index is -0.764. The highest BCUT2D eigenvalue weighted by Crippen LogP contribution is 2.12. The molecule has 0 spiro atoms. The number of hydrogen-bond acceptors (Lipinski definition) is 1. The van der Waals surface area contributed by atoms with Crippen molar-refractivity contribution in [2.24, 2.45) is 0 Å². The molecule has 0 heterocycles. The number of benzene rings is 1. The van der Waals surface area contributed by atoms with Crippen molar-refractivity contribution >= 4 is 17.7 Å². The van der Waals surface area contributed by atoms with Gasteiger partial charge in [-0.2, -0.15) is 0 Å². The quantitative estimate of drug-likeness (QED) is 0.771. The lowest BCUT2D eigenvalue weighted by atomic mass is 10.1. The van der Waals surface area contributed by atoms with E-state index in [0.29, 0.717) is 0 Å². The zero-order valence-electron chi connectivity index (χ0n) is 7.79. The summed E-state index contributed by atoms with van der Waals surface area (Å²) >= 11 is 5.73. The number of halogens is 1. The summed E-state index contributed by atoms with van der Waals surface area (Å²) < 4.78 is 0. The lowest BCUT2D eigenvalue weighted by Crippen LogP contribution is -2.13. The molecule has 0 saturated carbocycles. The molecule has 0 aliphatic carbocycles. The van der Waals surface area contributed by atoms with E-state index in [1.807, 2.05) is 30.3 Å². The van der Waals surface area contributed by atoms with Crippen LogP contribution in [0.2, 0.25) is 5.02 Å². The van der Waals surface area contributed by atoms with Crippen LogP contribution in [-0.2, 0) is 0 Å². The van der Waals surface area contributed by atoms with Crippen LogP contribution in [0, 0.1) is 0 Å². The minimum absolute atomic E-state index is 0.723. The van der Waals surface area contributed by atoms with Crippen molar-refractivity contribution < 1.29 is 5.11 Å². The topological polar surface area (TPSA) is 20.2 Å². The fraction of sp³-hybridized carbons (Fsp3) is 0.273. The van der Waals surface area contributed by atoms with Crippen molar-refractivity contribution in [2.45, 2.75) is 19.4 Å². The van der Waals surface area contributed by atoms with Crippen molar-refractivity contribution in [3.8, 4) is 0 Å². The Morgan fingerprint density at radius 1 is 1.23 bits per heavy atom. The van der Waals surface area contributed by atoms with Gasteiger partial charge >= 0.3 is 0 Å². The van der Waals surface area contributed by atoms with Gasteiger partial charge in [-0.15, -0.1) is 0 Å². The lowest BCUT2D eigenvalue weighted by molar-refractivity contribution is 0.134. The first kappa shape index (κ1) is 10.3. The smallest absolute Gasteiger partial charge is 0.0774 e. The maximum atomic E-state index is 9.42. The van der Waals surface area contributed by atoms with Gasteiger partial charge in [0.25, 0.3) is 0 Å². The van der Waals surface area contributed by atoms with Crippen LogP contribution in [0.5, 0.6) is 0 Å². The van der Waals surface area contributed by atoms with E-state index in [4.69, 9.17) is 11.6 Å². The Morgan fingerprint density at radius 3 is 2.23 bits per heavy atom. The minimum Gasteiger partial charge on any atom is -0.386 e. The van der Waals surface area contributed by atoms with Crippen LogP contribution < -0.4 is 0 Å². The molecule has 2 heteroatoms. The Kier molecular flexibility index (Phi) is 3.12. The van der Waals surface area contributed by atoms with Crippen molar-refractivity contribution in [1.29, 1.82) is 0 Å². The van der Waals surface area contributed by atoms with Gasteiger partial charge in [-0.3, -0.25) is 0 Å². The average Bonchev–Trinajstić information content (AvgIpc) is 2.02. The van der Waals surface area contributed by atoms with E-state index >= 15 is 0 Å². The van der Waals surface area contributed by atoms with Crippen LogP contribution in [0.15, 0.2) is 30.3 Å². The third-order valence-electron chi connectivity index (χ3n) is 1.55. The molecule has 0 saturated heterocycles. The van der Waals surface area contributed by atoms with Crippen molar-refractivity contribution in [1.82, 2.24) is 0 Å². The highest BCUT2D eigenvalue weighted by molar-refractivity contribution is 6.30. The van der Waals surface area contributed by atoms with Gasteiger partial charge in [0, 0.05) is 5.02 Å². The fourth-order valence-electron chi connectivity index (χ4n) is 0.874. The molecule has 0 radical (unpaired) electrons. The Balaban J connectivity index is 2.75. The largest absolute Gasteiger partial charge is 0.386 e. The molecule has 0 fully saturated rings. The molecule has 13 heavy (non-hydrogen) atoms. The monoisotopic (exact) mass is 196 g/mol. The van der Waals surface area contributed by atoms with Gasteiger partial charge in [0.2, 0.25) is 0 Å². The SMILES string of the molecule is CC(C)(O)/C=C/c1ccc(Cl)cc1. The summed E-state index contributed by atoms with van der Waals surface area (Å²) in [6.07, 6.45) is 3.62. The van der Waals surface area contributed by atoms with Gasteiger partial charge in [-0.25, -0.2) is 0 Å². The normalized spacial score (nSPS) is 12.3. The number of hydrogen-bond donors (Lipinski definition) is 1. The van der Waals surface area contributed by atoms with Crippen molar-refractivity contribution in [2.75, 3.05) is 0 Å². The molecule has 0 aliphatic heterocycles. The molecule has 0 unspecified atom stereocenters. The van der Waals surface area contributed by atoms with Gasteiger partial charge < -0.3 is 5.11 Å². The highest BCUT2D eigenvalue weighted by Gasteiger charge is 2.05. The second-order valence-corrected chi connectivity index (χ2v) is 3.97. The predicted molar refractivity (Wildman–Crippen MR) is 56.8 cm³/mol. The molecular weight excluding hydrogens is 184 g/mol. The fourth-order valence-corrected chi connectivity index (χ4v) is 1.00. The zero-order chi connectivity index (χ0) is 9.90. The molecule has 0 amide bonds. The molecule has 70 valence electrons. The number of rotatable bonds is 2. The predicted octanol–water partition coefficient (Wildman–Crippen LogP) is 3.12. The molecule has 1 rings (SSSR count). The van der Waals surface area contributed by atoms with E-state index in [1.165, 1.54) is 0 Å². The third kappa shape index (κ3) is 4.11. The Labute approximate surface area is 83.7 Å². The van der Waals surface area contributed by atoms with Crippen LogP contribution in [0.25, 0.3) is 6.08 Å². The van der Waals surface area contributed by atoms with Gasteiger partial charge in [-0.1, -0.05) is 35.9 Å². The third-order valence-corrected chi connectivity index (χ3v) is 1.81. The van der Waals surface area contributed by atoms with E-state index < -0.39 is 5.60 Å². The van der Waals surface area contributed by atoms with Crippen LogP contribution in [0.1, 0.15) is 19.4 Å². The summed E-state index contributed by atoms with van der Waals surface area (Å²) in [7, 11) is 0. The average molecular weight is 197 g/mol. The van der Waals surface area contributed by atoms with Crippen molar-refractivity contribution in [3.05, 3.63) is 40.9 Å². The van der Waals surface area contributed by atoms with Crippen LogP contribution in [0.4, 0.5) is 0 Å². The summed E-state index contributed by atoms with van der Waals surface area (Å²) in [6, 6.07) is 7.46. The maximum absolute atomic E-state index is 9.42. The van der Waals surface area contributed by atoms with Crippen LogP contribution >= 0.6 is 11.6 Å².